The first-order valence-corrected chi connectivity index (χ1v) is 5.67. The minimum atomic E-state index is -0.481. The SMILES string of the molecule is CC(CC(N)=O)c1ccc(C(C)(C)C#N)cc1. The third-order valence-electron chi connectivity index (χ3n) is 2.99. The molecule has 0 spiro atoms. The molecule has 0 saturated carbocycles. The molecule has 1 aromatic rings. The van der Waals surface area contributed by atoms with Crippen LogP contribution in [-0.2, 0) is 10.2 Å². The van der Waals surface area contributed by atoms with E-state index >= 15 is 0 Å². The number of hydrogen-bond acceptors (Lipinski definition) is 2. The molecule has 90 valence electrons. The summed E-state index contributed by atoms with van der Waals surface area (Å²) in [5.41, 5.74) is 6.74. The van der Waals surface area contributed by atoms with Crippen LogP contribution in [-0.4, -0.2) is 5.91 Å². The van der Waals surface area contributed by atoms with E-state index < -0.39 is 5.41 Å². The number of primary amides is 1. The van der Waals surface area contributed by atoms with Gasteiger partial charge in [0.15, 0.2) is 0 Å². The molecule has 0 saturated heterocycles. The molecule has 0 aliphatic heterocycles. The first-order valence-electron chi connectivity index (χ1n) is 5.67. The molecule has 17 heavy (non-hydrogen) atoms. The molecule has 0 bridgehead atoms. The van der Waals surface area contributed by atoms with Gasteiger partial charge in [0.2, 0.25) is 5.91 Å². The first-order chi connectivity index (χ1) is 7.86. The lowest BCUT2D eigenvalue weighted by molar-refractivity contribution is -0.118. The van der Waals surface area contributed by atoms with Crippen LogP contribution in [0.5, 0.6) is 0 Å². The lowest BCUT2D eigenvalue weighted by Gasteiger charge is -2.17. The number of benzene rings is 1. The summed E-state index contributed by atoms with van der Waals surface area (Å²) in [4.78, 5) is 10.8. The Balaban J connectivity index is 2.89. The quantitative estimate of drug-likeness (QED) is 0.863. The Kier molecular flexibility index (Phi) is 3.90. The Labute approximate surface area is 102 Å². The van der Waals surface area contributed by atoms with Gasteiger partial charge < -0.3 is 5.73 Å². The largest absolute Gasteiger partial charge is 0.370 e. The summed E-state index contributed by atoms with van der Waals surface area (Å²) in [5.74, 6) is -0.175. The minimum Gasteiger partial charge on any atom is -0.370 e. The lowest BCUT2D eigenvalue weighted by Crippen LogP contribution is -2.15. The van der Waals surface area contributed by atoms with Crippen LogP contribution in [0.25, 0.3) is 0 Å². The van der Waals surface area contributed by atoms with Gasteiger partial charge in [0.25, 0.3) is 0 Å². The maximum absolute atomic E-state index is 10.8. The second-order valence-electron chi connectivity index (χ2n) is 4.93. The Morgan fingerprint density at radius 3 is 2.35 bits per heavy atom. The van der Waals surface area contributed by atoms with Crippen molar-refractivity contribution in [1.29, 1.82) is 5.26 Å². The van der Waals surface area contributed by atoms with Crippen LogP contribution in [0, 0.1) is 11.3 Å². The Hall–Kier alpha value is -1.82. The van der Waals surface area contributed by atoms with E-state index in [1.807, 2.05) is 45.0 Å². The van der Waals surface area contributed by atoms with Crippen molar-refractivity contribution in [3.8, 4) is 6.07 Å². The average molecular weight is 230 g/mol. The van der Waals surface area contributed by atoms with Crippen LogP contribution < -0.4 is 5.73 Å². The van der Waals surface area contributed by atoms with Gasteiger partial charge in [-0.05, 0) is 30.9 Å². The van der Waals surface area contributed by atoms with Crippen molar-refractivity contribution >= 4 is 5.91 Å². The van der Waals surface area contributed by atoms with Gasteiger partial charge in [-0.15, -0.1) is 0 Å². The van der Waals surface area contributed by atoms with Gasteiger partial charge in [0, 0.05) is 6.42 Å². The molecule has 3 heteroatoms. The molecule has 1 amide bonds. The van der Waals surface area contributed by atoms with Crippen LogP contribution in [0.15, 0.2) is 24.3 Å². The van der Waals surface area contributed by atoms with Crippen molar-refractivity contribution < 1.29 is 4.79 Å². The summed E-state index contributed by atoms with van der Waals surface area (Å²) in [7, 11) is 0. The fourth-order valence-corrected chi connectivity index (χ4v) is 1.71. The molecule has 1 aromatic carbocycles. The zero-order valence-corrected chi connectivity index (χ0v) is 10.5. The molecular formula is C14H18N2O. The zero-order chi connectivity index (χ0) is 13.1. The lowest BCUT2D eigenvalue weighted by atomic mass is 9.85. The molecule has 3 nitrogen and oxygen atoms in total. The molecule has 1 rings (SSSR count). The van der Waals surface area contributed by atoms with Crippen molar-refractivity contribution in [2.75, 3.05) is 0 Å². The van der Waals surface area contributed by atoms with E-state index in [-0.39, 0.29) is 11.8 Å². The highest BCUT2D eigenvalue weighted by Gasteiger charge is 2.19. The van der Waals surface area contributed by atoms with Crippen LogP contribution in [0.1, 0.15) is 44.2 Å². The maximum Gasteiger partial charge on any atom is 0.218 e. The summed E-state index contributed by atoms with van der Waals surface area (Å²) < 4.78 is 0. The summed E-state index contributed by atoms with van der Waals surface area (Å²) >= 11 is 0. The van der Waals surface area contributed by atoms with Gasteiger partial charge in [-0.2, -0.15) is 5.26 Å². The van der Waals surface area contributed by atoms with Gasteiger partial charge in [-0.1, -0.05) is 31.2 Å². The van der Waals surface area contributed by atoms with E-state index in [0.29, 0.717) is 6.42 Å². The van der Waals surface area contributed by atoms with Crippen molar-refractivity contribution in [3.63, 3.8) is 0 Å². The second-order valence-corrected chi connectivity index (χ2v) is 4.93. The molecule has 0 aliphatic carbocycles. The van der Waals surface area contributed by atoms with E-state index in [2.05, 4.69) is 6.07 Å². The summed E-state index contributed by atoms with van der Waals surface area (Å²) in [5, 5.41) is 9.03. The zero-order valence-electron chi connectivity index (χ0n) is 10.5. The smallest absolute Gasteiger partial charge is 0.218 e. The summed E-state index contributed by atoms with van der Waals surface area (Å²) in [6.45, 7) is 5.74. The molecule has 2 N–H and O–H groups in total. The van der Waals surface area contributed by atoms with Crippen molar-refractivity contribution in [2.24, 2.45) is 5.73 Å². The third kappa shape index (κ3) is 3.32. The van der Waals surface area contributed by atoms with Gasteiger partial charge in [-0.25, -0.2) is 0 Å². The van der Waals surface area contributed by atoms with Crippen LogP contribution in [0.2, 0.25) is 0 Å². The fourth-order valence-electron chi connectivity index (χ4n) is 1.71. The normalized spacial score (nSPS) is 12.8. The molecule has 0 radical (unpaired) electrons. The predicted octanol–water partition coefficient (Wildman–Crippen LogP) is 2.47. The molecule has 0 aliphatic rings. The topological polar surface area (TPSA) is 66.9 Å². The van der Waals surface area contributed by atoms with Crippen LogP contribution in [0.3, 0.4) is 0 Å². The first kappa shape index (κ1) is 13.2. The van der Waals surface area contributed by atoms with Gasteiger partial charge >= 0.3 is 0 Å². The maximum atomic E-state index is 10.8. The second kappa shape index (κ2) is 5.01. The fraction of sp³-hybridized carbons (Fsp3) is 0.429. The van der Waals surface area contributed by atoms with E-state index in [0.717, 1.165) is 11.1 Å². The Bertz CT molecular complexity index is 440. The standard InChI is InChI=1S/C14H18N2O/c1-10(8-13(16)17)11-4-6-12(7-5-11)14(2,3)9-15/h4-7,10H,8H2,1-3H3,(H2,16,17). The number of hydrogen-bond donors (Lipinski definition) is 1. The van der Waals surface area contributed by atoms with Crippen molar-refractivity contribution in [1.82, 2.24) is 0 Å². The molecule has 1 unspecified atom stereocenters. The summed E-state index contributed by atoms with van der Waals surface area (Å²) in [6, 6.07) is 10.1. The highest BCUT2D eigenvalue weighted by atomic mass is 16.1. The molecular weight excluding hydrogens is 212 g/mol. The molecule has 0 fully saturated rings. The number of nitrogens with two attached hydrogens (primary N) is 1. The van der Waals surface area contributed by atoms with E-state index in [1.54, 1.807) is 0 Å². The van der Waals surface area contributed by atoms with Crippen LogP contribution >= 0.6 is 0 Å². The van der Waals surface area contributed by atoms with Crippen LogP contribution in [0.4, 0.5) is 0 Å². The summed E-state index contributed by atoms with van der Waals surface area (Å²) in [6.07, 6.45) is 0.348. The number of nitrogens with zero attached hydrogens (tertiary/aromatic N) is 1. The van der Waals surface area contributed by atoms with Gasteiger partial charge in [0.1, 0.15) is 0 Å². The highest BCUT2D eigenvalue weighted by molar-refractivity contribution is 5.74. The Morgan fingerprint density at radius 1 is 1.41 bits per heavy atom. The van der Waals surface area contributed by atoms with E-state index in [1.165, 1.54) is 0 Å². The van der Waals surface area contributed by atoms with E-state index in [9.17, 15) is 4.79 Å². The monoisotopic (exact) mass is 230 g/mol. The number of nitriles is 1. The third-order valence-corrected chi connectivity index (χ3v) is 2.99. The minimum absolute atomic E-state index is 0.117. The Morgan fingerprint density at radius 2 is 1.94 bits per heavy atom. The van der Waals surface area contributed by atoms with Crippen molar-refractivity contribution in [3.05, 3.63) is 35.4 Å². The van der Waals surface area contributed by atoms with Crippen molar-refractivity contribution in [2.45, 2.75) is 38.5 Å². The number of amides is 1. The van der Waals surface area contributed by atoms with E-state index in [4.69, 9.17) is 11.0 Å². The number of rotatable bonds is 4. The average Bonchev–Trinajstić information content (AvgIpc) is 2.28. The molecule has 1 atom stereocenters. The van der Waals surface area contributed by atoms with Gasteiger partial charge in [0.05, 0.1) is 11.5 Å². The van der Waals surface area contributed by atoms with Gasteiger partial charge in [-0.3, -0.25) is 4.79 Å². The molecule has 0 aromatic heterocycles. The predicted molar refractivity (Wildman–Crippen MR) is 67.3 cm³/mol. The number of carbonyl (C=O) groups excluding carboxylic acids is 1. The number of carbonyl (C=O) groups is 1. The molecule has 0 heterocycles. The highest BCUT2D eigenvalue weighted by Crippen LogP contribution is 2.25.